The van der Waals surface area contributed by atoms with Crippen LogP contribution < -0.4 is 5.32 Å². The Hall–Kier alpha value is -1.81. The first-order valence-electron chi connectivity index (χ1n) is 9.62. The first-order valence-corrected chi connectivity index (χ1v) is 11.5. The molecule has 30 heavy (non-hydrogen) atoms. The fourth-order valence-electron chi connectivity index (χ4n) is 4.78. The van der Waals surface area contributed by atoms with Gasteiger partial charge in [0, 0.05) is 21.9 Å². The smallest absolute Gasteiger partial charge is 0.308 e. The van der Waals surface area contributed by atoms with Crippen molar-refractivity contribution in [3.8, 4) is 0 Å². The standard InChI is InChI=1S/C20H19Br2FN2O5/c21-17-11-7-12(18(17)22)16-15(11)19(28)25(20(16)29)6-5-14(27)30-8-13(26)24-10-3-1-9(23)2-4-10/h1-4,11-12,15-18H,5-8H2,(H,24,26)/t11-,12-,15-,16-,17-,18+/m1/s1. The molecule has 10 heteroatoms. The van der Waals surface area contributed by atoms with Crippen molar-refractivity contribution in [2.75, 3.05) is 18.5 Å². The molecule has 0 spiro atoms. The van der Waals surface area contributed by atoms with Crippen molar-refractivity contribution >= 4 is 61.2 Å². The molecule has 1 N–H and O–H groups in total. The van der Waals surface area contributed by atoms with Crippen LogP contribution in [0.1, 0.15) is 12.8 Å². The second-order valence-electron chi connectivity index (χ2n) is 7.80. The second-order valence-corrected chi connectivity index (χ2v) is 9.91. The monoisotopic (exact) mass is 544 g/mol. The van der Waals surface area contributed by atoms with Crippen LogP contribution in [0.5, 0.6) is 0 Å². The van der Waals surface area contributed by atoms with Gasteiger partial charge in [-0.2, -0.15) is 0 Å². The average Bonchev–Trinajstić information content (AvgIpc) is 3.32. The molecule has 1 aromatic carbocycles. The van der Waals surface area contributed by atoms with Crippen molar-refractivity contribution in [3.05, 3.63) is 30.1 Å². The fraction of sp³-hybridized carbons (Fsp3) is 0.500. The molecule has 1 saturated heterocycles. The Kier molecular flexibility index (Phi) is 5.98. The molecule has 1 aliphatic heterocycles. The Morgan fingerprint density at radius 1 is 1.07 bits per heavy atom. The number of nitrogens with one attached hydrogen (secondary N) is 1. The van der Waals surface area contributed by atoms with Gasteiger partial charge in [-0.25, -0.2) is 4.39 Å². The summed E-state index contributed by atoms with van der Waals surface area (Å²) in [5.74, 6) is -2.52. The zero-order chi connectivity index (χ0) is 21.6. The summed E-state index contributed by atoms with van der Waals surface area (Å²) in [5.41, 5.74) is 0.377. The lowest BCUT2D eigenvalue weighted by Crippen LogP contribution is -2.37. The third kappa shape index (κ3) is 3.79. The zero-order valence-corrected chi connectivity index (χ0v) is 18.9. The van der Waals surface area contributed by atoms with E-state index >= 15 is 0 Å². The van der Waals surface area contributed by atoms with Gasteiger partial charge in [0.15, 0.2) is 6.61 Å². The molecule has 6 atom stereocenters. The summed E-state index contributed by atoms with van der Waals surface area (Å²) in [5, 5.41) is 2.48. The Balaban J connectivity index is 1.25. The lowest BCUT2D eigenvalue weighted by Gasteiger charge is -2.28. The minimum atomic E-state index is -0.679. The number of hydrogen-bond donors (Lipinski definition) is 1. The van der Waals surface area contributed by atoms with Crippen molar-refractivity contribution in [2.45, 2.75) is 22.5 Å². The summed E-state index contributed by atoms with van der Waals surface area (Å²) in [6.07, 6.45) is 0.670. The van der Waals surface area contributed by atoms with Crippen molar-refractivity contribution in [1.82, 2.24) is 4.90 Å². The summed E-state index contributed by atoms with van der Waals surface area (Å²) >= 11 is 7.26. The molecule has 3 aliphatic rings. The minimum Gasteiger partial charge on any atom is -0.456 e. The van der Waals surface area contributed by atoms with Crippen LogP contribution in [0.25, 0.3) is 0 Å². The maximum absolute atomic E-state index is 12.9. The highest BCUT2D eigenvalue weighted by Gasteiger charge is 2.66. The van der Waals surface area contributed by atoms with E-state index in [1.54, 1.807) is 0 Å². The van der Waals surface area contributed by atoms with Gasteiger partial charge >= 0.3 is 5.97 Å². The predicted molar refractivity (Wildman–Crippen MR) is 111 cm³/mol. The number of alkyl halides is 2. The number of hydrogen-bond acceptors (Lipinski definition) is 5. The lowest BCUT2D eigenvalue weighted by molar-refractivity contribution is -0.149. The van der Waals surface area contributed by atoms with Gasteiger partial charge in [-0.05, 0) is 42.5 Å². The van der Waals surface area contributed by atoms with Gasteiger partial charge in [0.05, 0.1) is 18.3 Å². The van der Waals surface area contributed by atoms with Gasteiger partial charge < -0.3 is 10.1 Å². The van der Waals surface area contributed by atoms with Gasteiger partial charge in [-0.15, -0.1) is 0 Å². The summed E-state index contributed by atoms with van der Waals surface area (Å²) < 4.78 is 17.8. The number of nitrogens with zero attached hydrogens (tertiary/aromatic N) is 1. The molecule has 2 aliphatic carbocycles. The van der Waals surface area contributed by atoms with Gasteiger partial charge in [-0.3, -0.25) is 24.1 Å². The number of halogens is 3. The molecule has 2 bridgehead atoms. The van der Waals surface area contributed by atoms with Crippen LogP contribution in [-0.2, 0) is 23.9 Å². The Morgan fingerprint density at radius 2 is 1.63 bits per heavy atom. The van der Waals surface area contributed by atoms with E-state index in [4.69, 9.17) is 4.74 Å². The maximum Gasteiger partial charge on any atom is 0.308 e. The Bertz CT molecular complexity index is 864. The molecule has 3 amide bonds. The number of imide groups is 1. The predicted octanol–water partition coefficient (Wildman–Crippen LogP) is 2.48. The number of esters is 1. The lowest BCUT2D eigenvalue weighted by atomic mass is 9.81. The van der Waals surface area contributed by atoms with E-state index in [9.17, 15) is 23.6 Å². The maximum atomic E-state index is 12.9. The molecule has 2 saturated carbocycles. The first-order chi connectivity index (χ1) is 14.3. The highest BCUT2D eigenvalue weighted by molar-refractivity contribution is 9.12. The van der Waals surface area contributed by atoms with Crippen molar-refractivity contribution in [1.29, 1.82) is 0 Å². The molecule has 160 valence electrons. The van der Waals surface area contributed by atoms with E-state index < -0.39 is 24.3 Å². The molecule has 3 fully saturated rings. The summed E-state index contributed by atoms with van der Waals surface area (Å²) in [6, 6.07) is 5.17. The molecule has 1 heterocycles. The molecule has 4 rings (SSSR count). The molecular formula is C20H19Br2FN2O5. The number of amides is 3. The fourth-order valence-corrected chi connectivity index (χ4v) is 6.66. The SMILES string of the molecule is O=C(COC(=O)CCN1C(=O)[C@@H]2[C@H]3C[C@@H]([C@@H](Br)[C@H]3Br)[C@H]2C1=O)Nc1ccc(F)cc1. The molecule has 7 nitrogen and oxygen atoms in total. The zero-order valence-electron chi connectivity index (χ0n) is 15.7. The van der Waals surface area contributed by atoms with E-state index in [-0.39, 0.29) is 58.1 Å². The highest BCUT2D eigenvalue weighted by atomic mass is 79.9. The molecule has 0 radical (unpaired) electrons. The van der Waals surface area contributed by atoms with Crippen LogP contribution in [-0.4, -0.2) is 51.4 Å². The van der Waals surface area contributed by atoms with Gasteiger partial charge in [-0.1, -0.05) is 31.9 Å². The van der Waals surface area contributed by atoms with E-state index in [0.717, 1.165) is 6.42 Å². The van der Waals surface area contributed by atoms with Crippen LogP contribution in [0.4, 0.5) is 10.1 Å². The number of likely N-dealkylation sites (tertiary alicyclic amines) is 1. The average molecular weight is 546 g/mol. The topological polar surface area (TPSA) is 92.8 Å². The number of anilines is 1. The van der Waals surface area contributed by atoms with Gasteiger partial charge in [0.1, 0.15) is 5.82 Å². The van der Waals surface area contributed by atoms with E-state index in [0.29, 0.717) is 5.69 Å². The number of benzene rings is 1. The number of rotatable bonds is 6. The van der Waals surface area contributed by atoms with E-state index in [2.05, 4.69) is 37.2 Å². The van der Waals surface area contributed by atoms with Gasteiger partial charge in [0.2, 0.25) is 11.8 Å². The summed E-state index contributed by atoms with van der Waals surface area (Å²) in [6.45, 7) is -0.563. The van der Waals surface area contributed by atoms with Crippen LogP contribution in [0, 0.1) is 29.5 Å². The number of ether oxygens (including phenoxy) is 1. The number of carbonyl (C=O) groups excluding carboxylic acids is 4. The Labute approximate surface area is 188 Å². The second kappa shape index (κ2) is 8.37. The minimum absolute atomic E-state index is 0.0531. The number of carbonyl (C=O) groups is 4. The van der Waals surface area contributed by atoms with Crippen LogP contribution >= 0.6 is 31.9 Å². The quantitative estimate of drug-likeness (QED) is 0.337. The largest absolute Gasteiger partial charge is 0.456 e. The van der Waals surface area contributed by atoms with Crippen LogP contribution in [0.2, 0.25) is 0 Å². The van der Waals surface area contributed by atoms with Crippen LogP contribution in [0.3, 0.4) is 0 Å². The molecule has 1 aromatic rings. The van der Waals surface area contributed by atoms with E-state index in [1.165, 1.54) is 29.2 Å². The molecule has 0 aromatic heterocycles. The van der Waals surface area contributed by atoms with Crippen molar-refractivity contribution in [2.24, 2.45) is 23.7 Å². The van der Waals surface area contributed by atoms with E-state index in [1.807, 2.05) is 0 Å². The first kappa shape index (κ1) is 21.4. The Morgan fingerprint density at radius 3 is 2.20 bits per heavy atom. The third-order valence-electron chi connectivity index (χ3n) is 6.11. The van der Waals surface area contributed by atoms with Gasteiger partial charge in [0.25, 0.3) is 5.91 Å². The highest BCUT2D eigenvalue weighted by Crippen LogP contribution is 2.60. The van der Waals surface area contributed by atoms with Crippen molar-refractivity contribution < 1.29 is 28.3 Å². The van der Waals surface area contributed by atoms with Crippen molar-refractivity contribution in [3.63, 3.8) is 0 Å². The third-order valence-corrected chi connectivity index (χ3v) is 9.32. The normalized spacial score (nSPS) is 31.8. The van der Waals surface area contributed by atoms with Crippen LogP contribution in [0.15, 0.2) is 24.3 Å². The summed E-state index contributed by atoms with van der Waals surface area (Å²) in [4.78, 5) is 50.8. The molecular weight excluding hydrogens is 527 g/mol. The number of fused-ring (bicyclic) bond motifs is 5. The summed E-state index contributed by atoms with van der Waals surface area (Å²) in [7, 11) is 0. The molecule has 0 unspecified atom stereocenters.